The topological polar surface area (TPSA) is 46.1 Å². The molecule has 1 aliphatic heterocycles. The molecule has 0 radical (unpaired) electrons. The van der Waals surface area contributed by atoms with E-state index in [9.17, 15) is 4.79 Å². The fourth-order valence-corrected chi connectivity index (χ4v) is 2.43. The van der Waals surface area contributed by atoms with Crippen molar-refractivity contribution in [1.29, 1.82) is 0 Å². The summed E-state index contributed by atoms with van der Waals surface area (Å²) in [6.45, 7) is 4.73. The standard InChI is InChI=1S/C15H22N2O/c1-2-4-14-11-17(14)10-3-5-12-6-8-13(9-7-12)15(16)18/h6-9,14H,2-5,10-11H2,1H3,(H2,16,18)/t14?,17-/m0/s1. The Morgan fingerprint density at radius 3 is 2.72 bits per heavy atom. The summed E-state index contributed by atoms with van der Waals surface area (Å²) >= 11 is 0. The van der Waals surface area contributed by atoms with E-state index < -0.39 is 0 Å². The van der Waals surface area contributed by atoms with E-state index in [1.165, 1.54) is 37.9 Å². The van der Waals surface area contributed by atoms with Gasteiger partial charge in [0.25, 0.3) is 0 Å². The maximum atomic E-state index is 10.9. The second-order valence-corrected chi connectivity index (χ2v) is 5.10. The van der Waals surface area contributed by atoms with Crippen LogP contribution in [0.3, 0.4) is 0 Å². The van der Waals surface area contributed by atoms with Gasteiger partial charge in [0.05, 0.1) is 0 Å². The molecule has 1 aromatic carbocycles. The Labute approximate surface area is 109 Å². The van der Waals surface area contributed by atoms with Gasteiger partial charge in [0, 0.05) is 18.2 Å². The smallest absolute Gasteiger partial charge is 0.248 e. The molecule has 2 N–H and O–H groups in total. The number of hydrogen-bond acceptors (Lipinski definition) is 2. The van der Waals surface area contributed by atoms with Crippen LogP contribution in [0, 0.1) is 0 Å². The Hall–Kier alpha value is -1.35. The lowest BCUT2D eigenvalue weighted by molar-refractivity contribution is 0.100. The van der Waals surface area contributed by atoms with E-state index in [0.717, 1.165) is 12.5 Å². The zero-order valence-electron chi connectivity index (χ0n) is 11.1. The highest BCUT2D eigenvalue weighted by molar-refractivity contribution is 5.92. The molecule has 98 valence electrons. The highest BCUT2D eigenvalue weighted by atomic mass is 16.1. The second kappa shape index (κ2) is 6.01. The van der Waals surface area contributed by atoms with Gasteiger partial charge in [-0.3, -0.25) is 9.69 Å². The fourth-order valence-electron chi connectivity index (χ4n) is 2.43. The summed E-state index contributed by atoms with van der Waals surface area (Å²) in [7, 11) is 0. The SMILES string of the molecule is CCCC1C[N@]1CCCc1ccc(C(N)=O)cc1. The number of nitrogens with zero attached hydrogens (tertiary/aromatic N) is 1. The van der Waals surface area contributed by atoms with Crippen molar-refractivity contribution in [3.8, 4) is 0 Å². The number of benzene rings is 1. The summed E-state index contributed by atoms with van der Waals surface area (Å²) in [5.41, 5.74) is 7.09. The zero-order chi connectivity index (χ0) is 13.0. The van der Waals surface area contributed by atoms with E-state index in [1.807, 2.05) is 24.3 Å². The molecule has 1 saturated heterocycles. The van der Waals surface area contributed by atoms with E-state index in [0.29, 0.717) is 5.56 Å². The van der Waals surface area contributed by atoms with Gasteiger partial charge in [0.2, 0.25) is 5.91 Å². The molecule has 1 aromatic rings. The number of nitrogens with two attached hydrogens (primary N) is 1. The van der Waals surface area contributed by atoms with Crippen LogP contribution < -0.4 is 5.73 Å². The minimum atomic E-state index is -0.354. The van der Waals surface area contributed by atoms with E-state index in [4.69, 9.17) is 5.73 Å². The van der Waals surface area contributed by atoms with E-state index >= 15 is 0 Å². The molecule has 3 nitrogen and oxygen atoms in total. The van der Waals surface area contributed by atoms with Crippen molar-refractivity contribution in [2.24, 2.45) is 5.73 Å². The normalized spacial score (nSPS) is 21.8. The van der Waals surface area contributed by atoms with Crippen LogP contribution in [0.5, 0.6) is 0 Å². The molecule has 1 unspecified atom stereocenters. The predicted octanol–water partition coefficient (Wildman–Crippen LogP) is 2.20. The molecule has 1 aliphatic rings. The third-order valence-corrected chi connectivity index (χ3v) is 3.60. The first-order valence-electron chi connectivity index (χ1n) is 6.83. The average Bonchev–Trinajstić information content (AvgIpc) is 3.09. The van der Waals surface area contributed by atoms with Gasteiger partial charge in [-0.15, -0.1) is 0 Å². The first kappa shape index (κ1) is 13.1. The number of primary amides is 1. The molecule has 0 aromatic heterocycles. The molecular weight excluding hydrogens is 224 g/mol. The molecule has 2 atom stereocenters. The Bertz CT molecular complexity index is 399. The Kier molecular flexibility index (Phi) is 4.37. The lowest BCUT2D eigenvalue weighted by atomic mass is 10.1. The van der Waals surface area contributed by atoms with Gasteiger partial charge in [0.15, 0.2) is 0 Å². The van der Waals surface area contributed by atoms with Crippen LogP contribution in [-0.2, 0) is 6.42 Å². The number of amides is 1. The molecule has 1 fully saturated rings. The van der Waals surface area contributed by atoms with Gasteiger partial charge in [-0.2, -0.15) is 0 Å². The minimum absolute atomic E-state index is 0.354. The van der Waals surface area contributed by atoms with Crippen molar-refractivity contribution in [2.75, 3.05) is 13.1 Å². The van der Waals surface area contributed by atoms with Gasteiger partial charge in [-0.1, -0.05) is 25.5 Å². The maximum Gasteiger partial charge on any atom is 0.248 e. The molecule has 18 heavy (non-hydrogen) atoms. The Balaban J connectivity index is 1.69. The van der Waals surface area contributed by atoms with Crippen LogP contribution in [0.15, 0.2) is 24.3 Å². The first-order chi connectivity index (χ1) is 8.70. The molecule has 0 spiro atoms. The van der Waals surface area contributed by atoms with Gasteiger partial charge >= 0.3 is 0 Å². The Morgan fingerprint density at radius 1 is 1.39 bits per heavy atom. The molecule has 0 bridgehead atoms. The monoisotopic (exact) mass is 246 g/mol. The summed E-state index contributed by atoms with van der Waals surface area (Å²) in [5.74, 6) is -0.354. The summed E-state index contributed by atoms with van der Waals surface area (Å²) in [6.07, 6.45) is 4.90. The van der Waals surface area contributed by atoms with Crippen molar-refractivity contribution in [1.82, 2.24) is 4.90 Å². The largest absolute Gasteiger partial charge is 0.366 e. The van der Waals surface area contributed by atoms with Gasteiger partial charge < -0.3 is 5.73 Å². The molecular formula is C15H22N2O. The van der Waals surface area contributed by atoms with Crippen LogP contribution in [0.25, 0.3) is 0 Å². The lowest BCUT2D eigenvalue weighted by Crippen LogP contribution is -2.10. The summed E-state index contributed by atoms with van der Waals surface area (Å²) in [5, 5.41) is 0. The van der Waals surface area contributed by atoms with Gasteiger partial charge in [0.1, 0.15) is 0 Å². The molecule has 2 rings (SSSR count). The third-order valence-electron chi connectivity index (χ3n) is 3.60. The van der Waals surface area contributed by atoms with E-state index in [2.05, 4.69) is 11.8 Å². The lowest BCUT2D eigenvalue weighted by Gasteiger charge is -2.04. The van der Waals surface area contributed by atoms with Crippen LogP contribution >= 0.6 is 0 Å². The number of carbonyl (C=O) groups is 1. The molecule has 1 amide bonds. The van der Waals surface area contributed by atoms with E-state index in [-0.39, 0.29) is 5.91 Å². The van der Waals surface area contributed by atoms with Gasteiger partial charge in [-0.25, -0.2) is 0 Å². The third kappa shape index (κ3) is 3.57. The predicted molar refractivity (Wildman–Crippen MR) is 73.5 cm³/mol. The van der Waals surface area contributed by atoms with Crippen LogP contribution in [0.4, 0.5) is 0 Å². The average molecular weight is 246 g/mol. The first-order valence-corrected chi connectivity index (χ1v) is 6.83. The molecule has 0 aliphatic carbocycles. The number of rotatable bonds is 7. The van der Waals surface area contributed by atoms with Gasteiger partial charge in [-0.05, 0) is 43.5 Å². The molecule has 3 heteroatoms. The zero-order valence-corrected chi connectivity index (χ0v) is 11.1. The summed E-state index contributed by atoms with van der Waals surface area (Å²) < 4.78 is 0. The van der Waals surface area contributed by atoms with Crippen molar-refractivity contribution >= 4 is 5.91 Å². The minimum Gasteiger partial charge on any atom is -0.366 e. The maximum absolute atomic E-state index is 10.9. The van der Waals surface area contributed by atoms with E-state index in [1.54, 1.807) is 0 Å². The van der Waals surface area contributed by atoms with Crippen molar-refractivity contribution in [3.63, 3.8) is 0 Å². The Morgan fingerprint density at radius 2 is 2.11 bits per heavy atom. The second-order valence-electron chi connectivity index (χ2n) is 5.10. The fraction of sp³-hybridized carbons (Fsp3) is 0.533. The highest BCUT2D eigenvalue weighted by Gasteiger charge is 2.31. The molecule has 1 heterocycles. The van der Waals surface area contributed by atoms with Crippen LogP contribution in [0.2, 0.25) is 0 Å². The summed E-state index contributed by atoms with van der Waals surface area (Å²) in [6, 6.07) is 8.49. The highest BCUT2D eigenvalue weighted by Crippen LogP contribution is 2.22. The molecule has 0 saturated carbocycles. The van der Waals surface area contributed by atoms with Crippen LogP contribution in [-0.4, -0.2) is 29.9 Å². The van der Waals surface area contributed by atoms with Crippen molar-refractivity contribution in [2.45, 2.75) is 38.6 Å². The van der Waals surface area contributed by atoms with Crippen LogP contribution in [0.1, 0.15) is 42.1 Å². The number of carbonyl (C=O) groups excluding carboxylic acids is 1. The number of aryl methyl sites for hydroxylation is 1. The van der Waals surface area contributed by atoms with Crippen molar-refractivity contribution < 1.29 is 4.79 Å². The number of hydrogen-bond donors (Lipinski definition) is 1. The summed E-state index contributed by atoms with van der Waals surface area (Å²) in [4.78, 5) is 13.5. The quantitative estimate of drug-likeness (QED) is 0.750. The van der Waals surface area contributed by atoms with Crippen molar-refractivity contribution in [3.05, 3.63) is 35.4 Å².